The van der Waals surface area contributed by atoms with Gasteiger partial charge >= 0.3 is 6.01 Å². The van der Waals surface area contributed by atoms with Crippen molar-refractivity contribution in [2.24, 2.45) is 0 Å². The smallest absolute Gasteiger partial charge is 0.316 e. The molecule has 0 unspecified atom stereocenters. The van der Waals surface area contributed by atoms with E-state index in [4.69, 9.17) is 4.74 Å². The minimum atomic E-state index is 0.469. The molecule has 1 aromatic rings. The first-order chi connectivity index (χ1) is 6.33. The molecule has 0 amide bonds. The Labute approximate surface area is 77.6 Å². The molecule has 0 aliphatic carbocycles. The van der Waals surface area contributed by atoms with E-state index in [0.717, 1.165) is 25.3 Å². The van der Waals surface area contributed by atoms with Gasteiger partial charge in [0.15, 0.2) is 0 Å². The predicted octanol–water partition coefficient (Wildman–Crippen LogP) is 0.821. The second-order valence-electron chi connectivity index (χ2n) is 3.13. The Morgan fingerprint density at radius 2 is 2.38 bits per heavy atom. The quantitative estimate of drug-likeness (QED) is 0.673. The highest BCUT2D eigenvalue weighted by Gasteiger charge is 2.19. The van der Waals surface area contributed by atoms with E-state index in [1.807, 2.05) is 6.20 Å². The van der Waals surface area contributed by atoms with Crippen molar-refractivity contribution in [2.45, 2.75) is 20.0 Å². The van der Waals surface area contributed by atoms with E-state index in [2.05, 4.69) is 21.8 Å². The number of hydrogen-bond acceptors (Lipinski definition) is 4. The monoisotopic (exact) mass is 179 g/mol. The molecule has 0 N–H and O–H groups in total. The molecule has 0 atom stereocenters. The van der Waals surface area contributed by atoms with E-state index >= 15 is 0 Å². The molecule has 1 aromatic heterocycles. The number of hydrogen-bond donors (Lipinski definition) is 0. The first kappa shape index (κ1) is 8.44. The predicted molar refractivity (Wildman–Crippen MR) is 48.4 cm³/mol. The Balaban J connectivity index is 2.25. The Bertz CT molecular complexity index is 314. The van der Waals surface area contributed by atoms with Crippen LogP contribution < -0.4 is 4.74 Å². The zero-order chi connectivity index (χ0) is 9.26. The van der Waals surface area contributed by atoms with E-state index in [9.17, 15) is 0 Å². The molecule has 13 heavy (non-hydrogen) atoms. The Kier molecular flexibility index (Phi) is 2.14. The van der Waals surface area contributed by atoms with E-state index in [-0.39, 0.29) is 0 Å². The van der Waals surface area contributed by atoms with Crippen LogP contribution in [-0.4, -0.2) is 28.5 Å². The molecule has 1 aliphatic rings. The van der Waals surface area contributed by atoms with Gasteiger partial charge in [-0.1, -0.05) is 6.92 Å². The lowest BCUT2D eigenvalue weighted by atomic mass is 10.3. The topological polar surface area (TPSA) is 38.2 Å². The molecule has 1 aliphatic heterocycles. The van der Waals surface area contributed by atoms with Crippen molar-refractivity contribution in [3.05, 3.63) is 17.5 Å². The number of methoxy groups -OCH3 is 1. The third kappa shape index (κ3) is 1.49. The summed E-state index contributed by atoms with van der Waals surface area (Å²) in [5.74, 6) is 0. The van der Waals surface area contributed by atoms with Crippen LogP contribution in [0.15, 0.2) is 6.20 Å². The number of ether oxygens (including phenoxy) is 1. The van der Waals surface area contributed by atoms with Gasteiger partial charge in [-0.2, -0.15) is 4.98 Å². The first-order valence-corrected chi connectivity index (χ1v) is 4.44. The lowest BCUT2D eigenvalue weighted by molar-refractivity contribution is 0.298. The molecule has 0 saturated heterocycles. The van der Waals surface area contributed by atoms with Crippen LogP contribution in [0.25, 0.3) is 0 Å². The van der Waals surface area contributed by atoms with Crippen molar-refractivity contribution >= 4 is 0 Å². The zero-order valence-electron chi connectivity index (χ0n) is 7.95. The summed E-state index contributed by atoms with van der Waals surface area (Å²) in [5, 5.41) is 0. The van der Waals surface area contributed by atoms with Crippen LogP contribution >= 0.6 is 0 Å². The normalized spacial score (nSPS) is 15.8. The summed E-state index contributed by atoms with van der Waals surface area (Å²) in [6.07, 6.45) is 1.86. The van der Waals surface area contributed by atoms with Crippen LogP contribution in [0.3, 0.4) is 0 Å². The van der Waals surface area contributed by atoms with Gasteiger partial charge in [-0.15, -0.1) is 0 Å². The summed E-state index contributed by atoms with van der Waals surface area (Å²) in [7, 11) is 1.59. The summed E-state index contributed by atoms with van der Waals surface area (Å²) in [4.78, 5) is 10.7. The van der Waals surface area contributed by atoms with Gasteiger partial charge in [0.05, 0.1) is 12.8 Å². The molecule has 0 saturated carbocycles. The summed E-state index contributed by atoms with van der Waals surface area (Å²) in [6, 6.07) is 0.469. The van der Waals surface area contributed by atoms with Gasteiger partial charge in [0.1, 0.15) is 0 Å². The molecule has 0 radical (unpaired) electrons. The van der Waals surface area contributed by atoms with Gasteiger partial charge in [-0.25, -0.2) is 4.98 Å². The van der Waals surface area contributed by atoms with Crippen LogP contribution in [0, 0.1) is 0 Å². The van der Waals surface area contributed by atoms with Crippen LogP contribution in [0.2, 0.25) is 0 Å². The van der Waals surface area contributed by atoms with Gasteiger partial charge < -0.3 is 4.74 Å². The highest BCUT2D eigenvalue weighted by atomic mass is 16.5. The number of nitrogens with zero attached hydrogens (tertiary/aromatic N) is 3. The van der Waals surface area contributed by atoms with E-state index in [0.29, 0.717) is 6.01 Å². The lowest BCUT2D eigenvalue weighted by Gasteiger charge is -2.08. The summed E-state index contributed by atoms with van der Waals surface area (Å²) >= 11 is 0. The molecule has 2 rings (SSSR count). The zero-order valence-corrected chi connectivity index (χ0v) is 7.95. The maximum Gasteiger partial charge on any atom is 0.316 e. The van der Waals surface area contributed by atoms with Crippen molar-refractivity contribution in [3.63, 3.8) is 0 Å². The maximum atomic E-state index is 4.97. The first-order valence-electron chi connectivity index (χ1n) is 4.44. The van der Waals surface area contributed by atoms with Crippen molar-refractivity contribution in [3.8, 4) is 6.01 Å². The van der Waals surface area contributed by atoms with Crippen molar-refractivity contribution in [2.75, 3.05) is 13.7 Å². The Hall–Kier alpha value is -1.16. The van der Waals surface area contributed by atoms with Crippen LogP contribution in [-0.2, 0) is 13.1 Å². The van der Waals surface area contributed by atoms with Crippen LogP contribution in [0.1, 0.15) is 18.2 Å². The fourth-order valence-electron chi connectivity index (χ4n) is 1.52. The minimum Gasteiger partial charge on any atom is -0.467 e. The molecular weight excluding hydrogens is 166 g/mol. The van der Waals surface area contributed by atoms with Crippen molar-refractivity contribution < 1.29 is 4.74 Å². The van der Waals surface area contributed by atoms with Crippen molar-refractivity contribution in [1.82, 2.24) is 14.9 Å². The standard InChI is InChI=1S/C9H13N3O/c1-3-12-5-7-4-10-9(13-2)11-8(7)6-12/h4H,3,5-6H2,1-2H3. The molecule has 0 bridgehead atoms. The fraction of sp³-hybridized carbons (Fsp3) is 0.556. The summed E-state index contributed by atoms with van der Waals surface area (Å²) in [5.41, 5.74) is 2.33. The molecular formula is C9H13N3O. The second-order valence-corrected chi connectivity index (χ2v) is 3.13. The lowest BCUT2D eigenvalue weighted by Crippen LogP contribution is -2.14. The highest BCUT2D eigenvalue weighted by Crippen LogP contribution is 2.20. The maximum absolute atomic E-state index is 4.97. The third-order valence-corrected chi connectivity index (χ3v) is 2.33. The molecule has 0 fully saturated rings. The number of aromatic nitrogens is 2. The molecule has 4 nitrogen and oxygen atoms in total. The Morgan fingerprint density at radius 3 is 3.08 bits per heavy atom. The van der Waals surface area contributed by atoms with Crippen molar-refractivity contribution in [1.29, 1.82) is 0 Å². The molecule has 2 heterocycles. The average molecular weight is 179 g/mol. The summed E-state index contributed by atoms with van der Waals surface area (Å²) in [6.45, 7) is 5.09. The second kappa shape index (κ2) is 3.30. The molecule has 4 heteroatoms. The van der Waals surface area contributed by atoms with Crippen LogP contribution in [0.5, 0.6) is 6.01 Å². The molecule has 70 valence electrons. The molecule has 0 spiro atoms. The average Bonchev–Trinajstić information content (AvgIpc) is 2.58. The van der Waals surface area contributed by atoms with Gasteiger partial charge in [0.25, 0.3) is 0 Å². The van der Waals surface area contributed by atoms with Gasteiger partial charge in [-0.3, -0.25) is 4.90 Å². The van der Waals surface area contributed by atoms with E-state index in [1.165, 1.54) is 5.56 Å². The Morgan fingerprint density at radius 1 is 1.54 bits per heavy atom. The number of fused-ring (bicyclic) bond motifs is 1. The highest BCUT2D eigenvalue weighted by molar-refractivity contribution is 5.22. The minimum absolute atomic E-state index is 0.469. The van der Waals surface area contributed by atoms with Crippen LogP contribution in [0.4, 0.5) is 0 Å². The van der Waals surface area contributed by atoms with Gasteiger partial charge in [-0.05, 0) is 6.54 Å². The summed E-state index contributed by atoms with van der Waals surface area (Å²) < 4.78 is 4.97. The van der Waals surface area contributed by atoms with E-state index in [1.54, 1.807) is 7.11 Å². The molecule has 0 aromatic carbocycles. The largest absolute Gasteiger partial charge is 0.467 e. The fourth-order valence-corrected chi connectivity index (χ4v) is 1.52. The van der Waals surface area contributed by atoms with E-state index < -0.39 is 0 Å². The number of rotatable bonds is 2. The third-order valence-electron chi connectivity index (χ3n) is 2.33. The SMILES string of the molecule is CCN1Cc2cnc(OC)nc2C1. The van der Waals surface area contributed by atoms with Gasteiger partial charge in [0, 0.05) is 24.8 Å². The van der Waals surface area contributed by atoms with Gasteiger partial charge in [0.2, 0.25) is 0 Å².